The Labute approximate surface area is 170 Å². The number of halogens is 1. The highest BCUT2D eigenvalue weighted by atomic mass is 35.5. The van der Waals surface area contributed by atoms with Crippen LogP contribution in [0.15, 0.2) is 47.4 Å². The van der Waals surface area contributed by atoms with Crippen molar-refractivity contribution in [3.05, 3.63) is 64.2 Å². The number of rotatable bonds is 8. The van der Waals surface area contributed by atoms with Crippen LogP contribution in [0.1, 0.15) is 34.3 Å². The lowest BCUT2D eigenvalue weighted by Gasteiger charge is -2.11. The number of carbonyl (C=O) groups excluding carboxylic acids is 1. The molecule has 0 unspecified atom stereocenters. The van der Waals surface area contributed by atoms with Crippen molar-refractivity contribution in [2.24, 2.45) is 0 Å². The number of sulfonamides is 1. The molecule has 3 rings (SSSR count). The van der Waals surface area contributed by atoms with Gasteiger partial charge in [0.15, 0.2) is 0 Å². The van der Waals surface area contributed by atoms with Gasteiger partial charge in [0.2, 0.25) is 10.0 Å². The van der Waals surface area contributed by atoms with Gasteiger partial charge in [-0.3, -0.25) is 4.79 Å². The zero-order chi connectivity index (χ0) is 20.3. The van der Waals surface area contributed by atoms with Gasteiger partial charge in [0.05, 0.1) is 19.1 Å². The highest BCUT2D eigenvalue weighted by Gasteiger charge is 2.29. The first-order chi connectivity index (χ1) is 13.2. The second-order valence-electron chi connectivity index (χ2n) is 7.42. The van der Waals surface area contributed by atoms with Crippen molar-refractivity contribution in [1.29, 1.82) is 0 Å². The summed E-state index contributed by atoms with van der Waals surface area (Å²) in [6.07, 6.45) is 1.65. The Hall–Kier alpha value is -1.93. The van der Waals surface area contributed by atoms with Crippen LogP contribution in [-0.2, 0) is 23.1 Å². The van der Waals surface area contributed by atoms with Gasteiger partial charge in [0.25, 0.3) is 5.91 Å². The average molecular weight is 423 g/mol. The molecular weight excluding hydrogens is 398 g/mol. The van der Waals surface area contributed by atoms with Gasteiger partial charge in [0.1, 0.15) is 11.4 Å². The Balaban J connectivity index is 1.66. The standard InChI is InChI=1S/C20H24ClN3O3S/c1-24(2)13-15-5-3-14(4-6-15)12-22-20(25)16-7-10-18(21)19(11-16)28(26,27)23-17-8-9-17/h3-7,10-11,17,23H,8-9,12-13H2,1-2H3,(H,22,25)/p+1. The first-order valence-electron chi connectivity index (χ1n) is 9.21. The molecule has 0 spiro atoms. The van der Waals surface area contributed by atoms with Crippen LogP contribution in [-0.4, -0.2) is 34.5 Å². The third kappa shape index (κ3) is 5.54. The molecule has 3 N–H and O–H groups in total. The molecule has 2 aromatic rings. The summed E-state index contributed by atoms with van der Waals surface area (Å²) >= 11 is 6.06. The smallest absolute Gasteiger partial charge is 0.251 e. The quantitative estimate of drug-likeness (QED) is 0.601. The molecule has 2 aromatic carbocycles. The number of hydrogen-bond acceptors (Lipinski definition) is 3. The SMILES string of the molecule is C[NH+](C)Cc1ccc(CNC(=O)c2ccc(Cl)c(S(=O)(=O)NC3CC3)c2)cc1. The third-order valence-electron chi connectivity index (χ3n) is 4.42. The molecule has 1 aliphatic carbocycles. The predicted molar refractivity (Wildman–Crippen MR) is 109 cm³/mol. The fourth-order valence-electron chi connectivity index (χ4n) is 2.80. The van der Waals surface area contributed by atoms with Gasteiger partial charge in [0, 0.05) is 23.7 Å². The first-order valence-corrected chi connectivity index (χ1v) is 11.1. The van der Waals surface area contributed by atoms with Crippen molar-refractivity contribution in [1.82, 2.24) is 10.0 Å². The maximum atomic E-state index is 12.5. The van der Waals surface area contributed by atoms with Gasteiger partial charge < -0.3 is 10.2 Å². The molecule has 0 aliphatic heterocycles. The minimum absolute atomic E-state index is 0.0318. The van der Waals surface area contributed by atoms with Crippen molar-refractivity contribution in [3.8, 4) is 0 Å². The van der Waals surface area contributed by atoms with E-state index in [4.69, 9.17) is 11.6 Å². The summed E-state index contributed by atoms with van der Waals surface area (Å²) in [5.74, 6) is -0.346. The van der Waals surface area contributed by atoms with Crippen molar-refractivity contribution >= 4 is 27.5 Å². The van der Waals surface area contributed by atoms with Crippen LogP contribution in [0.3, 0.4) is 0 Å². The van der Waals surface area contributed by atoms with Crippen LogP contribution in [0.25, 0.3) is 0 Å². The number of carbonyl (C=O) groups is 1. The predicted octanol–water partition coefficient (Wildman–Crippen LogP) is 1.36. The summed E-state index contributed by atoms with van der Waals surface area (Å²) in [6.45, 7) is 1.29. The summed E-state index contributed by atoms with van der Waals surface area (Å²) in [6, 6.07) is 12.3. The van der Waals surface area contributed by atoms with Crippen LogP contribution in [0, 0.1) is 0 Å². The molecule has 28 heavy (non-hydrogen) atoms. The molecule has 8 heteroatoms. The van der Waals surface area contributed by atoms with E-state index in [0.29, 0.717) is 6.54 Å². The maximum absolute atomic E-state index is 12.5. The molecule has 0 heterocycles. The summed E-state index contributed by atoms with van der Waals surface area (Å²) in [5.41, 5.74) is 2.46. The minimum atomic E-state index is -3.73. The van der Waals surface area contributed by atoms with Crippen molar-refractivity contribution in [2.75, 3.05) is 14.1 Å². The van der Waals surface area contributed by atoms with E-state index >= 15 is 0 Å². The highest BCUT2D eigenvalue weighted by Crippen LogP contribution is 2.26. The van der Waals surface area contributed by atoms with Gasteiger partial charge >= 0.3 is 0 Å². The normalized spacial score (nSPS) is 14.3. The lowest BCUT2D eigenvalue weighted by Crippen LogP contribution is -3.04. The molecule has 150 valence electrons. The lowest BCUT2D eigenvalue weighted by molar-refractivity contribution is -0.872. The Morgan fingerprint density at radius 3 is 2.36 bits per heavy atom. The fraction of sp³-hybridized carbons (Fsp3) is 0.350. The van der Waals surface area contributed by atoms with E-state index in [1.807, 2.05) is 24.3 Å². The van der Waals surface area contributed by atoms with Gasteiger partial charge in [-0.1, -0.05) is 35.9 Å². The van der Waals surface area contributed by atoms with Crippen LogP contribution in [0.4, 0.5) is 0 Å². The number of hydrogen-bond donors (Lipinski definition) is 3. The molecule has 0 aromatic heterocycles. The zero-order valence-corrected chi connectivity index (χ0v) is 17.5. The van der Waals surface area contributed by atoms with Crippen LogP contribution >= 0.6 is 11.6 Å². The minimum Gasteiger partial charge on any atom is -0.348 e. The molecule has 0 atom stereocenters. The topological polar surface area (TPSA) is 79.7 Å². The summed E-state index contributed by atoms with van der Waals surface area (Å²) in [7, 11) is 0.455. The Bertz CT molecular complexity index is 955. The number of quaternary nitrogens is 1. The molecule has 0 saturated heterocycles. The van der Waals surface area contributed by atoms with E-state index in [1.54, 1.807) is 0 Å². The third-order valence-corrected chi connectivity index (χ3v) is 6.42. The second kappa shape index (κ2) is 8.61. The summed E-state index contributed by atoms with van der Waals surface area (Å²) in [5, 5.41) is 2.92. The Morgan fingerprint density at radius 2 is 1.75 bits per heavy atom. The number of nitrogens with one attached hydrogen (secondary N) is 3. The number of benzene rings is 2. The van der Waals surface area contributed by atoms with Crippen molar-refractivity contribution < 1.29 is 18.1 Å². The highest BCUT2D eigenvalue weighted by molar-refractivity contribution is 7.89. The van der Waals surface area contributed by atoms with E-state index in [-0.39, 0.29) is 27.4 Å². The first kappa shape index (κ1) is 20.8. The van der Waals surface area contributed by atoms with E-state index < -0.39 is 10.0 Å². The molecule has 1 saturated carbocycles. The van der Waals surface area contributed by atoms with Crippen molar-refractivity contribution in [2.45, 2.75) is 36.9 Å². The van der Waals surface area contributed by atoms with Crippen LogP contribution in [0.2, 0.25) is 5.02 Å². The molecule has 1 fully saturated rings. The van der Waals surface area contributed by atoms with Crippen molar-refractivity contribution in [3.63, 3.8) is 0 Å². The average Bonchev–Trinajstić information content (AvgIpc) is 3.44. The second-order valence-corrected chi connectivity index (χ2v) is 9.51. The summed E-state index contributed by atoms with van der Waals surface area (Å²) < 4.78 is 27.5. The molecular formula is C20H25ClN3O3S+. The Kier molecular flexibility index (Phi) is 6.40. The maximum Gasteiger partial charge on any atom is 0.251 e. The molecule has 0 bridgehead atoms. The molecule has 6 nitrogen and oxygen atoms in total. The van der Waals surface area contributed by atoms with Crippen LogP contribution in [0.5, 0.6) is 0 Å². The summed E-state index contributed by atoms with van der Waals surface area (Å²) in [4.78, 5) is 13.8. The van der Waals surface area contributed by atoms with Gasteiger partial charge in [-0.2, -0.15) is 0 Å². The van der Waals surface area contributed by atoms with E-state index in [9.17, 15) is 13.2 Å². The molecule has 0 radical (unpaired) electrons. The largest absolute Gasteiger partial charge is 0.348 e. The van der Waals surface area contributed by atoms with Gasteiger partial charge in [-0.15, -0.1) is 0 Å². The zero-order valence-electron chi connectivity index (χ0n) is 16.0. The Morgan fingerprint density at radius 1 is 1.11 bits per heavy atom. The molecule has 1 aliphatic rings. The van der Waals surface area contributed by atoms with E-state index in [2.05, 4.69) is 24.1 Å². The van der Waals surface area contributed by atoms with E-state index in [0.717, 1.165) is 24.9 Å². The lowest BCUT2D eigenvalue weighted by atomic mass is 10.1. The van der Waals surface area contributed by atoms with Gasteiger partial charge in [-0.05, 0) is 36.6 Å². The molecule has 1 amide bonds. The number of amides is 1. The van der Waals surface area contributed by atoms with Crippen LogP contribution < -0.4 is 14.9 Å². The monoisotopic (exact) mass is 422 g/mol. The fourth-order valence-corrected chi connectivity index (χ4v) is 4.63. The van der Waals surface area contributed by atoms with Gasteiger partial charge in [-0.25, -0.2) is 13.1 Å². The van der Waals surface area contributed by atoms with E-state index in [1.165, 1.54) is 28.7 Å².